The minimum absolute atomic E-state index is 0.616. The van der Waals surface area contributed by atoms with Gasteiger partial charge < -0.3 is 5.73 Å². The number of aryl methyl sites for hydroxylation is 2. The third-order valence-corrected chi connectivity index (χ3v) is 3.23. The van der Waals surface area contributed by atoms with Crippen molar-refractivity contribution in [3.05, 3.63) is 39.5 Å². The van der Waals surface area contributed by atoms with Gasteiger partial charge in [0.25, 0.3) is 0 Å². The summed E-state index contributed by atoms with van der Waals surface area (Å²) in [4.78, 5) is 4.57. The average Bonchev–Trinajstić information content (AvgIpc) is 2.24. The molecule has 1 aromatic carbocycles. The van der Waals surface area contributed by atoms with Crippen LogP contribution in [0.15, 0.2) is 18.2 Å². The summed E-state index contributed by atoms with van der Waals surface area (Å²) in [6, 6.07) is 5.67. The standard InChI is InChI=1S/C13H14Cl2N2/c1-8-5-10(3-2-4-16)17-12-7-9(14)6-11(15)13(8)12/h5-7H,2-4,16H2,1H3. The smallest absolute Gasteiger partial charge is 0.0737 e. The molecule has 4 heteroatoms. The predicted molar refractivity (Wildman–Crippen MR) is 73.9 cm³/mol. The van der Waals surface area contributed by atoms with Crippen LogP contribution in [0.3, 0.4) is 0 Å². The zero-order valence-corrected chi connectivity index (χ0v) is 11.1. The zero-order chi connectivity index (χ0) is 12.4. The van der Waals surface area contributed by atoms with Crippen molar-refractivity contribution in [2.75, 3.05) is 6.54 Å². The van der Waals surface area contributed by atoms with E-state index in [1.807, 2.05) is 13.0 Å². The minimum Gasteiger partial charge on any atom is -0.330 e. The first-order chi connectivity index (χ1) is 8.11. The van der Waals surface area contributed by atoms with Crippen LogP contribution in [0.5, 0.6) is 0 Å². The second kappa shape index (κ2) is 5.21. The van der Waals surface area contributed by atoms with Crippen molar-refractivity contribution in [3.8, 4) is 0 Å². The van der Waals surface area contributed by atoms with Crippen LogP contribution in [-0.2, 0) is 6.42 Å². The predicted octanol–water partition coefficient (Wildman–Crippen LogP) is 3.74. The quantitative estimate of drug-likeness (QED) is 0.921. The molecule has 0 atom stereocenters. The normalized spacial score (nSPS) is 11.1. The molecule has 0 fully saturated rings. The molecule has 2 N–H and O–H groups in total. The summed E-state index contributed by atoms with van der Waals surface area (Å²) in [5.41, 5.74) is 8.53. The lowest BCUT2D eigenvalue weighted by atomic mass is 10.1. The molecule has 2 aromatic rings. The summed E-state index contributed by atoms with van der Waals surface area (Å²) in [5.74, 6) is 0. The van der Waals surface area contributed by atoms with Crippen LogP contribution < -0.4 is 5.73 Å². The number of hydrogen-bond acceptors (Lipinski definition) is 2. The molecule has 0 aliphatic rings. The lowest BCUT2D eigenvalue weighted by Gasteiger charge is -2.08. The Morgan fingerprint density at radius 2 is 2.00 bits per heavy atom. The SMILES string of the molecule is Cc1cc(CCCN)nc2cc(Cl)cc(Cl)c12. The van der Waals surface area contributed by atoms with Crippen LogP contribution in [0, 0.1) is 6.92 Å². The fraction of sp³-hybridized carbons (Fsp3) is 0.308. The Morgan fingerprint density at radius 3 is 2.71 bits per heavy atom. The molecule has 0 aliphatic carbocycles. The summed E-state index contributed by atoms with van der Waals surface area (Å²) in [7, 11) is 0. The van der Waals surface area contributed by atoms with Gasteiger partial charge in [-0.25, -0.2) is 0 Å². The van der Waals surface area contributed by atoms with Crippen molar-refractivity contribution >= 4 is 34.1 Å². The second-order valence-corrected chi connectivity index (χ2v) is 4.95. The van der Waals surface area contributed by atoms with Gasteiger partial charge in [-0.15, -0.1) is 0 Å². The number of nitrogens with two attached hydrogens (primary N) is 1. The van der Waals surface area contributed by atoms with Crippen molar-refractivity contribution in [3.63, 3.8) is 0 Å². The maximum atomic E-state index is 6.18. The highest BCUT2D eigenvalue weighted by atomic mass is 35.5. The minimum atomic E-state index is 0.616. The Kier molecular flexibility index (Phi) is 3.87. The number of aromatic nitrogens is 1. The van der Waals surface area contributed by atoms with Gasteiger partial charge in [0, 0.05) is 16.1 Å². The molecular weight excluding hydrogens is 255 g/mol. The molecule has 0 saturated heterocycles. The molecule has 90 valence electrons. The van der Waals surface area contributed by atoms with Crippen LogP contribution in [0.1, 0.15) is 17.7 Å². The fourth-order valence-electron chi connectivity index (χ4n) is 1.96. The van der Waals surface area contributed by atoms with Crippen LogP contribution in [-0.4, -0.2) is 11.5 Å². The Morgan fingerprint density at radius 1 is 1.24 bits per heavy atom. The van der Waals surface area contributed by atoms with Gasteiger partial charge in [0.2, 0.25) is 0 Å². The molecule has 0 bridgehead atoms. The number of benzene rings is 1. The van der Waals surface area contributed by atoms with Gasteiger partial charge in [-0.2, -0.15) is 0 Å². The van der Waals surface area contributed by atoms with E-state index in [0.29, 0.717) is 16.6 Å². The van der Waals surface area contributed by atoms with Crippen LogP contribution >= 0.6 is 23.2 Å². The topological polar surface area (TPSA) is 38.9 Å². The molecule has 0 spiro atoms. The van der Waals surface area contributed by atoms with E-state index in [1.165, 1.54) is 0 Å². The van der Waals surface area contributed by atoms with E-state index in [9.17, 15) is 0 Å². The molecule has 1 aromatic heterocycles. The zero-order valence-electron chi connectivity index (χ0n) is 9.63. The van der Waals surface area contributed by atoms with Gasteiger partial charge in [-0.05, 0) is 50.1 Å². The Hall–Kier alpha value is -0.830. The van der Waals surface area contributed by atoms with Crippen LogP contribution in [0.25, 0.3) is 10.9 Å². The molecule has 1 heterocycles. The van der Waals surface area contributed by atoms with E-state index in [-0.39, 0.29) is 0 Å². The first-order valence-corrected chi connectivity index (χ1v) is 6.32. The molecule has 2 rings (SSSR count). The van der Waals surface area contributed by atoms with E-state index in [0.717, 1.165) is 35.0 Å². The number of hydrogen-bond donors (Lipinski definition) is 1. The third kappa shape index (κ3) is 2.71. The summed E-state index contributed by atoms with van der Waals surface area (Å²) < 4.78 is 0. The third-order valence-electron chi connectivity index (χ3n) is 2.71. The number of nitrogens with zero attached hydrogens (tertiary/aromatic N) is 1. The molecule has 0 saturated carbocycles. The van der Waals surface area contributed by atoms with Crippen molar-refractivity contribution in [1.82, 2.24) is 4.98 Å². The first-order valence-electron chi connectivity index (χ1n) is 5.57. The van der Waals surface area contributed by atoms with E-state index < -0.39 is 0 Å². The summed E-state index contributed by atoms with van der Waals surface area (Å²) in [6.45, 7) is 2.71. The summed E-state index contributed by atoms with van der Waals surface area (Å²) in [5, 5.41) is 2.25. The van der Waals surface area contributed by atoms with Crippen molar-refractivity contribution in [2.24, 2.45) is 5.73 Å². The monoisotopic (exact) mass is 268 g/mol. The molecule has 17 heavy (non-hydrogen) atoms. The van der Waals surface area contributed by atoms with Gasteiger partial charge in [-0.3, -0.25) is 4.98 Å². The summed E-state index contributed by atoms with van der Waals surface area (Å²) in [6.07, 6.45) is 1.82. The molecular formula is C13H14Cl2N2. The van der Waals surface area contributed by atoms with Gasteiger partial charge >= 0.3 is 0 Å². The molecule has 0 radical (unpaired) electrons. The van der Waals surface area contributed by atoms with Gasteiger partial charge in [0.15, 0.2) is 0 Å². The average molecular weight is 269 g/mol. The lowest BCUT2D eigenvalue weighted by molar-refractivity contribution is 0.813. The Bertz CT molecular complexity index is 553. The Balaban J connectivity index is 2.56. The molecule has 0 unspecified atom stereocenters. The Labute approximate surface area is 111 Å². The van der Waals surface area contributed by atoms with Gasteiger partial charge in [0.05, 0.1) is 10.5 Å². The highest BCUT2D eigenvalue weighted by molar-refractivity contribution is 6.38. The van der Waals surface area contributed by atoms with Gasteiger partial charge in [-0.1, -0.05) is 23.2 Å². The van der Waals surface area contributed by atoms with E-state index in [4.69, 9.17) is 28.9 Å². The maximum absolute atomic E-state index is 6.18. The van der Waals surface area contributed by atoms with E-state index in [1.54, 1.807) is 6.07 Å². The highest BCUT2D eigenvalue weighted by Gasteiger charge is 2.07. The second-order valence-electron chi connectivity index (χ2n) is 4.10. The fourth-order valence-corrected chi connectivity index (χ4v) is 2.59. The summed E-state index contributed by atoms with van der Waals surface area (Å²) >= 11 is 12.2. The van der Waals surface area contributed by atoms with Crippen molar-refractivity contribution in [2.45, 2.75) is 19.8 Å². The number of rotatable bonds is 3. The van der Waals surface area contributed by atoms with E-state index >= 15 is 0 Å². The molecule has 0 amide bonds. The van der Waals surface area contributed by atoms with Crippen LogP contribution in [0.4, 0.5) is 0 Å². The lowest BCUT2D eigenvalue weighted by Crippen LogP contribution is -2.02. The largest absolute Gasteiger partial charge is 0.330 e. The van der Waals surface area contributed by atoms with E-state index in [2.05, 4.69) is 11.1 Å². The van der Waals surface area contributed by atoms with Crippen LogP contribution in [0.2, 0.25) is 10.0 Å². The number of fused-ring (bicyclic) bond motifs is 1. The maximum Gasteiger partial charge on any atom is 0.0737 e. The molecule has 2 nitrogen and oxygen atoms in total. The molecule has 0 aliphatic heterocycles. The number of halogens is 2. The number of pyridine rings is 1. The van der Waals surface area contributed by atoms with Gasteiger partial charge in [0.1, 0.15) is 0 Å². The highest BCUT2D eigenvalue weighted by Crippen LogP contribution is 2.29. The van der Waals surface area contributed by atoms with Crippen molar-refractivity contribution < 1.29 is 0 Å². The van der Waals surface area contributed by atoms with Crippen molar-refractivity contribution in [1.29, 1.82) is 0 Å². The first kappa shape index (κ1) is 12.6.